The number of guanidine groups is 1. The van der Waals surface area contributed by atoms with Gasteiger partial charge in [-0.3, -0.25) is 9.69 Å². The van der Waals surface area contributed by atoms with E-state index in [4.69, 9.17) is 27.1 Å². The lowest BCUT2D eigenvalue weighted by Gasteiger charge is -2.38. The number of rotatable bonds is 4. The molecule has 1 saturated heterocycles. The molecule has 28 heavy (non-hydrogen) atoms. The van der Waals surface area contributed by atoms with Crippen molar-refractivity contribution in [3.8, 4) is 0 Å². The molecule has 6 nitrogen and oxygen atoms in total. The van der Waals surface area contributed by atoms with E-state index in [1.807, 2.05) is 55.5 Å². The zero-order valence-electron chi connectivity index (χ0n) is 15.7. The van der Waals surface area contributed by atoms with Crippen LogP contribution >= 0.6 is 11.6 Å². The predicted molar refractivity (Wildman–Crippen MR) is 111 cm³/mol. The van der Waals surface area contributed by atoms with Crippen LogP contribution in [0.25, 0.3) is 0 Å². The minimum Gasteiger partial charge on any atom is -0.379 e. The van der Waals surface area contributed by atoms with Crippen LogP contribution in [-0.2, 0) is 15.1 Å². The lowest BCUT2D eigenvalue weighted by Crippen LogP contribution is -2.54. The maximum Gasteiger partial charge on any atom is 0.232 e. The monoisotopic (exact) mass is 398 g/mol. The summed E-state index contributed by atoms with van der Waals surface area (Å²) < 4.78 is 5.40. The van der Waals surface area contributed by atoms with E-state index in [-0.39, 0.29) is 24.3 Å². The van der Waals surface area contributed by atoms with Crippen molar-refractivity contribution in [2.75, 3.05) is 18.5 Å². The zero-order chi connectivity index (χ0) is 19.7. The summed E-state index contributed by atoms with van der Waals surface area (Å²) in [5.41, 5.74) is 7.87. The number of nitrogens with zero attached hydrogens (tertiary/aromatic N) is 2. The quantitative estimate of drug-likeness (QED) is 0.824. The summed E-state index contributed by atoms with van der Waals surface area (Å²) in [6.45, 7) is 3.03. The van der Waals surface area contributed by atoms with Crippen LogP contribution < -0.4 is 11.1 Å². The molecule has 1 amide bonds. The summed E-state index contributed by atoms with van der Waals surface area (Å²) in [7, 11) is 0. The van der Waals surface area contributed by atoms with Crippen molar-refractivity contribution in [1.29, 1.82) is 0 Å². The summed E-state index contributed by atoms with van der Waals surface area (Å²) in [5, 5.41) is 3.86. The fourth-order valence-corrected chi connectivity index (χ4v) is 4.22. The van der Waals surface area contributed by atoms with Gasteiger partial charge in [-0.25, -0.2) is 4.99 Å². The Labute approximate surface area is 169 Å². The first-order valence-corrected chi connectivity index (χ1v) is 9.72. The van der Waals surface area contributed by atoms with Crippen LogP contribution in [-0.4, -0.2) is 36.0 Å². The van der Waals surface area contributed by atoms with Crippen molar-refractivity contribution < 1.29 is 9.53 Å². The van der Waals surface area contributed by atoms with Crippen LogP contribution in [0, 0.1) is 0 Å². The van der Waals surface area contributed by atoms with Crippen molar-refractivity contribution in [2.24, 2.45) is 10.7 Å². The smallest absolute Gasteiger partial charge is 0.232 e. The molecule has 3 N–H and O–H groups in total. The fraction of sp³-hybridized carbons (Fsp3) is 0.333. The van der Waals surface area contributed by atoms with Crippen LogP contribution in [0.1, 0.15) is 25.3 Å². The average molecular weight is 399 g/mol. The largest absolute Gasteiger partial charge is 0.379 e. The van der Waals surface area contributed by atoms with Gasteiger partial charge in [-0.15, -0.1) is 0 Å². The molecule has 7 heteroatoms. The highest BCUT2D eigenvalue weighted by atomic mass is 35.5. The van der Waals surface area contributed by atoms with E-state index in [2.05, 4.69) is 5.32 Å². The maximum atomic E-state index is 12.9. The van der Waals surface area contributed by atoms with Gasteiger partial charge < -0.3 is 15.8 Å². The number of hydrogen-bond acceptors (Lipinski definition) is 5. The number of aliphatic imine (C=N–C) groups is 1. The third-order valence-corrected chi connectivity index (χ3v) is 5.68. The molecule has 0 aromatic heterocycles. The number of nitrogens with two attached hydrogens (primary N) is 1. The Hall–Kier alpha value is -2.57. The zero-order valence-corrected chi connectivity index (χ0v) is 16.4. The van der Waals surface area contributed by atoms with Gasteiger partial charge in [0.2, 0.25) is 5.91 Å². The highest BCUT2D eigenvalue weighted by Crippen LogP contribution is 2.41. The Bertz CT molecular complexity index is 912. The van der Waals surface area contributed by atoms with Crippen molar-refractivity contribution in [2.45, 2.75) is 31.3 Å². The number of anilines is 2. The van der Waals surface area contributed by atoms with Crippen LogP contribution in [0.3, 0.4) is 0 Å². The Morgan fingerprint density at radius 2 is 2.04 bits per heavy atom. The van der Waals surface area contributed by atoms with Crippen molar-refractivity contribution >= 4 is 34.8 Å². The minimum absolute atomic E-state index is 0.0395. The number of nitrogens with one attached hydrogen (secondary N) is 1. The van der Waals surface area contributed by atoms with E-state index in [0.717, 1.165) is 23.4 Å². The molecule has 0 bridgehead atoms. The van der Waals surface area contributed by atoms with Gasteiger partial charge in [-0.1, -0.05) is 41.9 Å². The molecule has 2 aliphatic heterocycles. The van der Waals surface area contributed by atoms with Crippen LogP contribution in [0.5, 0.6) is 0 Å². The topological polar surface area (TPSA) is 80.0 Å². The Balaban J connectivity index is 1.66. The Morgan fingerprint density at radius 3 is 2.71 bits per heavy atom. The van der Waals surface area contributed by atoms with E-state index < -0.39 is 5.54 Å². The summed E-state index contributed by atoms with van der Waals surface area (Å²) in [6, 6.07) is 15.5. The normalized spacial score (nSPS) is 24.9. The third-order valence-electron chi connectivity index (χ3n) is 5.27. The van der Waals surface area contributed by atoms with Gasteiger partial charge in [-0.2, -0.15) is 0 Å². The molecular weight excluding hydrogens is 376 g/mol. The van der Waals surface area contributed by atoms with Gasteiger partial charge in [-0.05, 0) is 31.5 Å². The molecule has 0 radical (unpaired) electrons. The SMILES string of the molecule is C[C@@]1(c2cccc(Nc3ccccc3)c2Cl)CC(=O)N([C@@H]2CCOC2)C(N)=N1. The Kier molecular flexibility index (Phi) is 5.00. The van der Waals surface area contributed by atoms with E-state index in [9.17, 15) is 4.79 Å². The lowest BCUT2D eigenvalue weighted by atomic mass is 9.86. The van der Waals surface area contributed by atoms with Gasteiger partial charge in [0.05, 0.1) is 35.3 Å². The number of carbonyl (C=O) groups excluding carboxylic acids is 1. The van der Waals surface area contributed by atoms with Gasteiger partial charge in [0.15, 0.2) is 5.96 Å². The predicted octanol–water partition coefficient (Wildman–Crippen LogP) is 3.63. The van der Waals surface area contributed by atoms with Crippen molar-refractivity contribution in [1.82, 2.24) is 4.90 Å². The van der Waals surface area contributed by atoms with Crippen LogP contribution in [0.2, 0.25) is 5.02 Å². The summed E-state index contributed by atoms with van der Waals surface area (Å²) in [4.78, 5) is 19.2. The minimum atomic E-state index is -0.817. The molecule has 4 rings (SSSR count). The average Bonchev–Trinajstić information content (AvgIpc) is 3.17. The van der Waals surface area contributed by atoms with Gasteiger partial charge in [0.25, 0.3) is 0 Å². The first-order chi connectivity index (χ1) is 13.5. The van der Waals surface area contributed by atoms with Gasteiger partial charge in [0.1, 0.15) is 0 Å². The molecule has 2 aliphatic rings. The number of ether oxygens (including phenoxy) is 1. The van der Waals surface area contributed by atoms with Gasteiger partial charge >= 0.3 is 0 Å². The van der Waals surface area contributed by atoms with Crippen LogP contribution in [0.4, 0.5) is 11.4 Å². The molecule has 146 valence electrons. The summed E-state index contributed by atoms with van der Waals surface area (Å²) in [6.07, 6.45) is 0.981. The molecule has 1 fully saturated rings. The van der Waals surface area contributed by atoms with Crippen molar-refractivity contribution in [3.63, 3.8) is 0 Å². The maximum absolute atomic E-state index is 12.9. The number of benzene rings is 2. The second-order valence-electron chi connectivity index (χ2n) is 7.36. The van der Waals surface area contributed by atoms with Crippen molar-refractivity contribution in [3.05, 3.63) is 59.1 Å². The summed E-state index contributed by atoms with van der Waals surface area (Å²) >= 11 is 6.72. The summed E-state index contributed by atoms with van der Waals surface area (Å²) in [5.74, 6) is 0.176. The highest BCUT2D eigenvalue weighted by Gasteiger charge is 2.42. The number of hydrogen-bond donors (Lipinski definition) is 2. The number of halogens is 1. The standard InChI is InChI=1S/C21H23ClN4O2/c1-21(12-18(27)26(20(23)25-21)15-10-11-28-13-15)16-8-5-9-17(19(16)22)24-14-6-3-2-4-7-14/h2-9,15,24H,10-13H2,1H3,(H2,23,25)/t15-,21+/m1/s1. The second kappa shape index (κ2) is 7.45. The number of para-hydroxylation sites is 1. The number of carbonyl (C=O) groups is 1. The van der Waals surface area contributed by atoms with E-state index in [1.54, 1.807) is 4.90 Å². The first kappa shape index (κ1) is 18.8. The molecule has 2 atom stereocenters. The Morgan fingerprint density at radius 1 is 1.25 bits per heavy atom. The van der Waals surface area contributed by atoms with Gasteiger partial charge in [0, 0.05) is 17.9 Å². The molecule has 0 unspecified atom stereocenters. The lowest BCUT2D eigenvalue weighted by molar-refractivity contribution is -0.131. The first-order valence-electron chi connectivity index (χ1n) is 9.34. The van der Waals surface area contributed by atoms with E-state index in [0.29, 0.717) is 18.2 Å². The molecule has 2 aromatic rings. The molecule has 0 saturated carbocycles. The third kappa shape index (κ3) is 3.45. The molecule has 0 spiro atoms. The fourth-order valence-electron chi connectivity index (χ4n) is 3.85. The second-order valence-corrected chi connectivity index (χ2v) is 7.74. The van der Waals surface area contributed by atoms with Crippen LogP contribution in [0.15, 0.2) is 53.5 Å². The molecule has 2 aromatic carbocycles. The highest BCUT2D eigenvalue weighted by molar-refractivity contribution is 6.34. The molecule has 0 aliphatic carbocycles. The molecular formula is C21H23ClN4O2. The number of amides is 1. The van der Waals surface area contributed by atoms with E-state index in [1.165, 1.54) is 0 Å². The molecule has 2 heterocycles. The van der Waals surface area contributed by atoms with E-state index >= 15 is 0 Å².